The maximum Gasteiger partial charge on any atom is 0.262 e. The average molecular weight is 374 g/mol. The number of rotatable bonds is 7. The lowest BCUT2D eigenvalue weighted by atomic mass is 9.97. The molecule has 0 saturated heterocycles. The van der Waals surface area contributed by atoms with E-state index in [2.05, 4.69) is 23.3 Å². The van der Waals surface area contributed by atoms with E-state index in [4.69, 9.17) is 0 Å². The molecule has 0 fully saturated rings. The fraction of sp³-hybridized carbons (Fsp3) is 0.550. The van der Waals surface area contributed by atoms with Gasteiger partial charge in [0.05, 0.1) is 16.6 Å². The van der Waals surface area contributed by atoms with Gasteiger partial charge in [0, 0.05) is 13.1 Å². The van der Waals surface area contributed by atoms with Gasteiger partial charge in [-0.2, -0.15) is 0 Å². The van der Waals surface area contributed by atoms with E-state index in [9.17, 15) is 9.59 Å². The average Bonchev–Trinajstić information content (AvgIpc) is 2.99. The molecule has 0 aromatic carbocycles. The zero-order valence-electron chi connectivity index (χ0n) is 15.6. The third-order valence-corrected chi connectivity index (χ3v) is 6.19. The quantitative estimate of drug-likeness (QED) is 0.740. The Kier molecular flexibility index (Phi) is 6.25. The van der Waals surface area contributed by atoms with Gasteiger partial charge in [-0.25, -0.2) is 4.98 Å². The lowest BCUT2D eigenvalue weighted by Gasteiger charge is -2.12. The molecule has 3 rings (SSSR count). The standard InChI is InChI=1S/C20H27N3O2S/c1-3-4-12-23-13-22-19-16(20(23)25)14(2)17(26-19)18(24)21-11-10-15-8-6-5-7-9-15/h8,13H,3-7,9-12H2,1-2H3,(H,21,24). The predicted molar refractivity (Wildman–Crippen MR) is 107 cm³/mol. The summed E-state index contributed by atoms with van der Waals surface area (Å²) in [6.07, 6.45) is 11.6. The van der Waals surface area contributed by atoms with Gasteiger partial charge >= 0.3 is 0 Å². The molecule has 2 heterocycles. The molecule has 2 aromatic heterocycles. The number of nitrogens with one attached hydrogen (secondary N) is 1. The van der Waals surface area contributed by atoms with Crippen molar-refractivity contribution in [2.45, 2.75) is 65.3 Å². The number of nitrogens with zero attached hydrogens (tertiary/aromatic N) is 2. The molecule has 140 valence electrons. The highest BCUT2D eigenvalue weighted by atomic mass is 32.1. The van der Waals surface area contributed by atoms with Gasteiger partial charge in [-0.3, -0.25) is 14.2 Å². The lowest BCUT2D eigenvalue weighted by molar-refractivity contribution is 0.0957. The number of amides is 1. The van der Waals surface area contributed by atoms with Crippen LogP contribution in [0.5, 0.6) is 0 Å². The minimum Gasteiger partial charge on any atom is -0.351 e. The van der Waals surface area contributed by atoms with Crippen molar-refractivity contribution in [1.29, 1.82) is 0 Å². The summed E-state index contributed by atoms with van der Waals surface area (Å²) in [4.78, 5) is 31.0. The predicted octanol–water partition coefficient (Wildman–Crippen LogP) is 4.19. The fourth-order valence-corrected chi connectivity index (χ4v) is 4.47. The van der Waals surface area contributed by atoms with Crippen LogP contribution < -0.4 is 10.9 Å². The van der Waals surface area contributed by atoms with Crippen LogP contribution in [-0.4, -0.2) is 22.0 Å². The van der Waals surface area contributed by atoms with E-state index in [1.54, 1.807) is 10.9 Å². The smallest absolute Gasteiger partial charge is 0.262 e. The highest BCUT2D eigenvalue weighted by Crippen LogP contribution is 2.27. The van der Waals surface area contributed by atoms with Gasteiger partial charge in [0.25, 0.3) is 11.5 Å². The maximum atomic E-state index is 12.7. The summed E-state index contributed by atoms with van der Waals surface area (Å²) >= 11 is 1.31. The molecule has 0 aliphatic heterocycles. The van der Waals surface area contributed by atoms with E-state index in [1.165, 1.54) is 29.8 Å². The number of aromatic nitrogens is 2. The van der Waals surface area contributed by atoms with Crippen LogP contribution in [-0.2, 0) is 6.54 Å². The number of carbonyl (C=O) groups excluding carboxylic acids is 1. The van der Waals surface area contributed by atoms with E-state index in [0.29, 0.717) is 28.2 Å². The minimum absolute atomic E-state index is 0.0383. The maximum absolute atomic E-state index is 12.7. The van der Waals surface area contributed by atoms with Gasteiger partial charge in [-0.15, -0.1) is 11.3 Å². The van der Waals surface area contributed by atoms with Crippen molar-refractivity contribution in [3.05, 3.63) is 38.8 Å². The molecule has 0 bridgehead atoms. The van der Waals surface area contributed by atoms with Crippen LogP contribution in [0.25, 0.3) is 10.2 Å². The van der Waals surface area contributed by atoms with Gasteiger partial charge < -0.3 is 5.32 Å². The zero-order valence-corrected chi connectivity index (χ0v) is 16.5. The first-order valence-corrected chi connectivity index (χ1v) is 10.4. The monoisotopic (exact) mass is 373 g/mol. The first-order chi connectivity index (χ1) is 12.6. The molecule has 0 spiro atoms. The summed E-state index contributed by atoms with van der Waals surface area (Å²) < 4.78 is 1.66. The van der Waals surface area contributed by atoms with E-state index in [-0.39, 0.29) is 11.5 Å². The topological polar surface area (TPSA) is 64.0 Å². The van der Waals surface area contributed by atoms with E-state index >= 15 is 0 Å². The number of aryl methyl sites for hydroxylation is 2. The highest BCUT2D eigenvalue weighted by molar-refractivity contribution is 7.20. The summed E-state index contributed by atoms with van der Waals surface area (Å²) in [6.45, 7) is 5.26. The minimum atomic E-state index is -0.0959. The van der Waals surface area contributed by atoms with Crippen molar-refractivity contribution >= 4 is 27.5 Å². The number of carbonyl (C=O) groups is 1. The van der Waals surface area contributed by atoms with Crippen molar-refractivity contribution in [3.63, 3.8) is 0 Å². The summed E-state index contributed by atoms with van der Waals surface area (Å²) in [5, 5.41) is 3.60. The molecule has 1 aliphatic carbocycles. The molecule has 1 N–H and O–H groups in total. The molecule has 0 unspecified atom stereocenters. The van der Waals surface area contributed by atoms with E-state index in [0.717, 1.165) is 37.7 Å². The van der Waals surface area contributed by atoms with Gasteiger partial charge in [0.1, 0.15) is 4.83 Å². The van der Waals surface area contributed by atoms with Crippen LogP contribution >= 0.6 is 11.3 Å². The molecule has 5 nitrogen and oxygen atoms in total. The summed E-state index contributed by atoms with van der Waals surface area (Å²) in [6, 6.07) is 0. The van der Waals surface area contributed by atoms with Gasteiger partial charge in [0.2, 0.25) is 0 Å². The molecular formula is C20H27N3O2S. The van der Waals surface area contributed by atoms with Crippen molar-refractivity contribution in [2.24, 2.45) is 0 Å². The first-order valence-electron chi connectivity index (χ1n) is 9.56. The molecule has 0 saturated carbocycles. The number of thiophene rings is 1. The van der Waals surface area contributed by atoms with Crippen LogP contribution in [0.4, 0.5) is 0 Å². The molecule has 0 radical (unpaired) electrons. The molecule has 1 aliphatic rings. The number of hydrogen-bond donors (Lipinski definition) is 1. The molecule has 6 heteroatoms. The Labute approximate surface area is 158 Å². The number of unbranched alkanes of at least 4 members (excludes halogenated alkanes) is 1. The Bertz CT molecular complexity index is 879. The van der Waals surface area contributed by atoms with Crippen LogP contribution in [0.2, 0.25) is 0 Å². The summed E-state index contributed by atoms with van der Waals surface area (Å²) in [5.41, 5.74) is 2.16. The Balaban J connectivity index is 1.73. The van der Waals surface area contributed by atoms with Crippen molar-refractivity contribution in [2.75, 3.05) is 6.54 Å². The van der Waals surface area contributed by atoms with Crippen LogP contribution in [0, 0.1) is 6.92 Å². The van der Waals surface area contributed by atoms with Gasteiger partial charge in [0.15, 0.2) is 0 Å². The second-order valence-corrected chi connectivity index (χ2v) is 7.95. The Morgan fingerprint density at radius 3 is 2.96 bits per heavy atom. The number of allylic oxidation sites excluding steroid dienone is 1. The normalized spacial score (nSPS) is 14.5. The highest BCUT2D eigenvalue weighted by Gasteiger charge is 2.19. The van der Waals surface area contributed by atoms with E-state index in [1.807, 2.05) is 6.92 Å². The second kappa shape index (κ2) is 8.62. The Hall–Kier alpha value is -1.95. The van der Waals surface area contributed by atoms with E-state index < -0.39 is 0 Å². The molecule has 1 amide bonds. The third kappa shape index (κ3) is 4.06. The van der Waals surface area contributed by atoms with Crippen molar-refractivity contribution < 1.29 is 4.79 Å². The van der Waals surface area contributed by atoms with Gasteiger partial charge in [-0.05, 0) is 51.0 Å². The largest absolute Gasteiger partial charge is 0.351 e. The molecule has 2 aromatic rings. The van der Waals surface area contributed by atoms with Crippen molar-refractivity contribution in [3.8, 4) is 0 Å². The third-order valence-electron chi connectivity index (χ3n) is 4.99. The summed E-state index contributed by atoms with van der Waals surface area (Å²) in [5.74, 6) is -0.0959. The summed E-state index contributed by atoms with van der Waals surface area (Å²) in [7, 11) is 0. The fourth-order valence-electron chi connectivity index (χ4n) is 3.41. The van der Waals surface area contributed by atoms with Crippen LogP contribution in [0.1, 0.15) is 67.1 Å². The molecule has 0 atom stereocenters. The zero-order chi connectivity index (χ0) is 18.5. The molecule has 26 heavy (non-hydrogen) atoms. The van der Waals surface area contributed by atoms with Crippen LogP contribution in [0.15, 0.2) is 22.8 Å². The Morgan fingerprint density at radius 1 is 1.38 bits per heavy atom. The first kappa shape index (κ1) is 18.8. The number of hydrogen-bond acceptors (Lipinski definition) is 4. The van der Waals surface area contributed by atoms with Crippen LogP contribution in [0.3, 0.4) is 0 Å². The Morgan fingerprint density at radius 2 is 2.23 bits per heavy atom. The van der Waals surface area contributed by atoms with Crippen molar-refractivity contribution in [1.82, 2.24) is 14.9 Å². The molecular weight excluding hydrogens is 346 g/mol. The SMILES string of the molecule is CCCCn1cnc2sc(C(=O)NCCC3=CCCCC3)c(C)c2c1=O. The second-order valence-electron chi connectivity index (χ2n) is 6.95. The van der Waals surface area contributed by atoms with Gasteiger partial charge in [-0.1, -0.05) is 25.0 Å². The number of fused-ring (bicyclic) bond motifs is 1. The lowest BCUT2D eigenvalue weighted by Crippen LogP contribution is -2.25.